The van der Waals surface area contributed by atoms with Crippen LogP contribution in [0.25, 0.3) is 71.5 Å². The van der Waals surface area contributed by atoms with E-state index in [-0.39, 0.29) is 5.41 Å². The van der Waals surface area contributed by atoms with E-state index in [2.05, 4.69) is 159 Å². The van der Waals surface area contributed by atoms with Crippen LogP contribution in [0.3, 0.4) is 0 Å². The topological polar surface area (TPSA) is 4.41 Å². The van der Waals surface area contributed by atoms with E-state index in [9.17, 15) is 0 Å². The summed E-state index contributed by atoms with van der Waals surface area (Å²) in [6.07, 6.45) is 0. The minimum atomic E-state index is 0.120. The summed E-state index contributed by atoms with van der Waals surface area (Å²) in [5, 5.41) is 5.30. The smallest absolute Gasteiger partial charge is 0.0620 e. The summed E-state index contributed by atoms with van der Waals surface area (Å²) in [6.45, 7) is 6.86. The van der Waals surface area contributed by atoms with E-state index < -0.39 is 0 Å². The van der Waals surface area contributed by atoms with Crippen LogP contribution in [0.4, 0.5) is 0 Å². The lowest BCUT2D eigenvalue weighted by molar-refractivity contribution is 0.591. The van der Waals surface area contributed by atoms with Crippen molar-refractivity contribution in [1.82, 2.24) is 4.40 Å². The third-order valence-corrected chi connectivity index (χ3v) is 8.68. The van der Waals surface area contributed by atoms with Crippen LogP contribution in [0.5, 0.6) is 0 Å². The number of hydrogen-bond donors (Lipinski definition) is 0. The third-order valence-electron chi connectivity index (χ3n) is 8.68. The molecule has 1 heteroatoms. The average Bonchev–Trinajstić information content (AvgIpc) is 3.53. The van der Waals surface area contributed by atoms with Gasteiger partial charge in [0.2, 0.25) is 0 Å². The number of benzene rings is 6. The first-order chi connectivity index (χ1) is 20.0. The zero-order valence-corrected chi connectivity index (χ0v) is 23.6. The van der Waals surface area contributed by atoms with Crippen LogP contribution in [0.15, 0.2) is 133 Å². The summed E-state index contributed by atoms with van der Waals surface area (Å²) in [5.74, 6) is 0. The van der Waals surface area contributed by atoms with Crippen molar-refractivity contribution in [2.75, 3.05) is 0 Å². The van der Waals surface area contributed by atoms with Gasteiger partial charge in [-0.2, -0.15) is 0 Å². The number of aromatic nitrogens is 1. The van der Waals surface area contributed by atoms with Crippen LogP contribution in [0, 0.1) is 0 Å². The fourth-order valence-corrected chi connectivity index (χ4v) is 6.52. The first-order valence-electron chi connectivity index (χ1n) is 14.4. The second kappa shape index (κ2) is 8.81. The molecule has 2 heterocycles. The molecule has 8 aromatic rings. The van der Waals surface area contributed by atoms with Crippen LogP contribution in [-0.2, 0) is 5.41 Å². The Bertz CT molecular complexity index is 2220. The van der Waals surface area contributed by atoms with Crippen LogP contribution in [0.2, 0.25) is 0 Å². The summed E-state index contributed by atoms with van der Waals surface area (Å²) < 4.78 is 2.47. The molecule has 41 heavy (non-hydrogen) atoms. The highest BCUT2D eigenvalue weighted by molar-refractivity contribution is 6.23. The lowest BCUT2D eigenvalue weighted by Gasteiger charge is -2.19. The molecular weight excluding hydrogens is 494 g/mol. The molecule has 0 amide bonds. The van der Waals surface area contributed by atoms with Gasteiger partial charge in [-0.25, -0.2) is 0 Å². The molecule has 0 aliphatic rings. The van der Waals surface area contributed by atoms with Crippen LogP contribution < -0.4 is 0 Å². The van der Waals surface area contributed by atoms with Gasteiger partial charge in [0, 0.05) is 21.5 Å². The van der Waals surface area contributed by atoms with Gasteiger partial charge in [0.05, 0.1) is 16.6 Å². The largest absolute Gasteiger partial charge is 0.308 e. The van der Waals surface area contributed by atoms with Crippen LogP contribution in [0.1, 0.15) is 26.3 Å². The predicted molar refractivity (Wildman–Crippen MR) is 176 cm³/mol. The van der Waals surface area contributed by atoms with Gasteiger partial charge in [-0.15, -0.1) is 0 Å². The van der Waals surface area contributed by atoms with Crippen molar-refractivity contribution in [3.05, 3.63) is 139 Å². The van der Waals surface area contributed by atoms with E-state index in [4.69, 9.17) is 0 Å². The summed E-state index contributed by atoms with van der Waals surface area (Å²) in [4.78, 5) is 0. The van der Waals surface area contributed by atoms with Crippen molar-refractivity contribution >= 4 is 38.1 Å². The Kier molecular flexibility index (Phi) is 5.15. The summed E-state index contributed by atoms with van der Waals surface area (Å²) in [6, 6.07) is 49.2. The van der Waals surface area contributed by atoms with Gasteiger partial charge in [0.15, 0.2) is 0 Å². The number of hydrogen-bond acceptors (Lipinski definition) is 0. The van der Waals surface area contributed by atoms with Crippen molar-refractivity contribution in [3.8, 4) is 33.4 Å². The lowest BCUT2D eigenvalue weighted by Crippen LogP contribution is -2.10. The van der Waals surface area contributed by atoms with E-state index >= 15 is 0 Å². The molecular formula is C40H31N. The Labute approximate surface area is 240 Å². The molecule has 0 atom stereocenters. The molecule has 0 N–H and O–H groups in total. The average molecular weight is 526 g/mol. The maximum atomic E-state index is 2.47. The van der Waals surface area contributed by atoms with E-state index in [1.807, 2.05) is 0 Å². The molecule has 0 saturated heterocycles. The number of rotatable bonds is 3. The van der Waals surface area contributed by atoms with Gasteiger partial charge >= 0.3 is 0 Å². The quantitative estimate of drug-likeness (QED) is 0.216. The first-order valence-corrected chi connectivity index (χ1v) is 14.4. The maximum absolute atomic E-state index is 2.47. The molecule has 196 valence electrons. The van der Waals surface area contributed by atoms with Gasteiger partial charge in [-0.1, -0.05) is 118 Å². The van der Waals surface area contributed by atoms with Gasteiger partial charge in [-0.3, -0.25) is 0 Å². The standard InChI is InChI=1S/C40H31N/c1-40(2,3)32-19-21-38-36(25-32)34-17-9-16-33-35-24-31(18-20-37(35)41(38)39(33)34)30-15-8-14-29(23-30)28-13-7-12-27(22-28)26-10-5-4-6-11-26/h4-25H,1-3H3. The molecule has 8 rings (SSSR count). The SMILES string of the molecule is CC(C)(C)c1ccc2c(c1)c1cccc3c4cc(-c5cccc(-c6cccc(-c7ccccc7)c6)c5)ccc4n2c31. The molecule has 1 nitrogen and oxygen atoms in total. The van der Waals surface area contributed by atoms with E-state index in [0.717, 1.165) is 0 Å². The van der Waals surface area contributed by atoms with Gasteiger partial charge in [0.1, 0.15) is 0 Å². The van der Waals surface area contributed by atoms with E-state index in [0.29, 0.717) is 0 Å². The summed E-state index contributed by atoms with van der Waals surface area (Å²) in [5.41, 5.74) is 12.8. The minimum Gasteiger partial charge on any atom is -0.308 e. The Morgan fingerprint density at radius 3 is 1.49 bits per heavy atom. The monoisotopic (exact) mass is 525 g/mol. The molecule has 0 saturated carbocycles. The van der Waals surface area contributed by atoms with Crippen molar-refractivity contribution in [2.24, 2.45) is 0 Å². The molecule has 0 bridgehead atoms. The summed E-state index contributed by atoms with van der Waals surface area (Å²) >= 11 is 0. The highest BCUT2D eigenvalue weighted by Crippen LogP contribution is 2.41. The Balaban J connectivity index is 1.26. The second-order valence-corrected chi connectivity index (χ2v) is 12.3. The van der Waals surface area contributed by atoms with Crippen molar-refractivity contribution < 1.29 is 0 Å². The highest BCUT2D eigenvalue weighted by atomic mass is 14.9. The zero-order chi connectivity index (χ0) is 27.7. The van der Waals surface area contributed by atoms with Gasteiger partial charge in [-0.05, 0) is 80.8 Å². The Hall–Kier alpha value is -4.88. The maximum Gasteiger partial charge on any atom is 0.0620 e. The molecule has 0 radical (unpaired) electrons. The molecule has 0 unspecified atom stereocenters. The first kappa shape index (κ1) is 24.0. The van der Waals surface area contributed by atoms with Crippen molar-refractivity contribution in [1.29, 1.82) is 0 Å². The molecule has 0 aliphatic heterocycles. The zero-order valence-electron chi connectivity index (χ0n) is 23.6. The van der Waals surface area contributed by atoms with Crippen molar-refractivity contribution in [3.63, 3.8) is 0 Å². The Morgan fingerprint density at radius 1 is 0.390 bits per heavy atom. The Morgan fingerprint density at radius 2 is 0.878 bits per heavy atom. The van der Waals surface area contributed by atoms with Gasteiger partial charge in [0.25, 0.3) is 0 Å². The molecule has 0 spiro atoms. The lowest BCUT2D eigenvalue weighted by atomic mass is 9.86. The van der Waals surface area contributed by atoms with Gasteiger partial charge < -0.3 is 4.40 Å². The molecule has 2 aromatic heterocycles. The van der Waals surface area contributed by atoms with Crippen LogP contribution in [-0.4, -0.2) is 4.40 Å². The second-order valence-electron chi connectivity index (χ2n) is 12.3. The molecule has 0 fully saturated rings. The van der Waals surface area contributed by atoms with Crippen molar-refractivity contribution in [2.45, 2.75) is 26.2 Å². The predicted octanol–water partition coefficient (Wildman–Crippen LogP) is 11.1. The molecule has 6 aromatic carbocycles. The summed E-state index contributed by atoms with van der Waals surface area (Å²) in [7, 11) is 0. The van der Waals surface area contributed by atoms with E-state index in [1.54, 1.807) is 0 Å². The fourth-order valence-electron chi connectivity index (χ4n) is 6.52. The fraction of sp³-hybridized carbons (Fsp3) is 0.100. The number of fused-ring (bicyclic) bond motifs is 6. The molecule has 0 aliphatic carbocycles. The van der Waals surface area contributed by atoms with Crippen LogP contribution >= 0.6 is 0 Å². The number of nitrogens with zero attached hydrogens (tertiary/aromatic N) is 1. The van der Waals surface area contributed by atoms with E-state index in [1.165, 1.54) is 77.0 Å². The minimum absolute atomic E-state index is 0.120. The highest BCUT2D eigenvalue weighted by Gasteiger charge is 2.20. The normalized spacial score (nSPS) is 12.3. The number of para-hydroxylation sites is 1. The third kappa shape index (κ3) is 3.77.